The Morgan fingerprint density at radius 1 is 1.06 bits per heavy atom. The van der Waals surface area contributed by atoms with Gasteiger partial charge >= 0.3 is 0 Å². The molecule has 0 amide bonds. The van der Waals surface area contributed by atoms with Gasteiger partial charge in [0.2, 0.25) is 0 Å². The standard InChI is InChI=1S/C13H19ClN2/c1-2-7-15-8-10-16(11-9-15)13-5-3-12(14)4-6-13/h3-6H,2,7-11H2,1H3. The lowest BCUT2D eigenvalue weighted by atomic mass is 10.2. The van der Waals surface area contributed by atoms with Gasteiger partial charge in [0.15, 0.2) is 0 Å². The first-order valence-corrected chi connectivity index (χ1v) is 6.40. The van der Waals surface area contributed by atoms with Crippen molar-refractivity contribution in [3.05, 3.63) is 29.3 Å². The fourth-order valence-corrected chi connectivity index (χ4v) is 2.32. The van der Waals surface area contributed by atoms with Gasteiger partial charge in [-0.05, 0) is 37.2 Å². The topological polar surface area (TPSA) is 6.48 Å². The molecule has 1 aromatic carbocycles. The van der Waals surface area contributed by atoms with Crippen LogP contribution < -0.4 is 4.90 Å². The molecule has 1 aromatic rings. The molecule has 0 radical (unpaired) electrons. The Bertz CT molecular complexity index is 315. The highest BCUT2D eigenvalue weighted by molar-refractivity contribution is 6.30. The molecule has 1 heterocycles. The molecule has 0 aromatic heterocycles. The van der Waals surface area contributed by atoms with Crippen LogP contribution in [0.25, 0.3) is 0 Å². The minimum atomic E-state index is 0.813. The first-order valence-electron chi connectivity index (χ1n) is 6.02. The van der Waals surface area contributed by atoms with Crippen molar-refractivity contribution in [1.29, 1.82) is 0 Å². The second-order valence-electron chi connectivity index (χ2n) is 4.31. The van der Waals surface area contributed by atoms with Crippen molar-refractivity contribution in [2.75, 3.05) is 37.6 Å². The lowest BCUT2D eigenvalue weighted by molar-refractivity contribution is 0.258. The number of hydrogen-bond donors (Lipinski definition) is 0. The maximum absolute atomic E-state index is 5.89. The Kier molecular flexibility index (Phi) is 4.08. The van der Waals surface area contributed by atoms with Crippen LogP contribution in [0.15, 0.2) is 24.3 Å². The summed E-state index contributed by atoms with van der Waals surface area (Å²) in [6, 6.07) is 8.15. The van der Waals surface area contributed by atoms with Crippen LogP contribution in [0.1, 0.15) is 13.3 Å². The second-order valence-corrected chi connectivity index (χ2v) is 4.74. The molecule has 0 N–H and O–H groups in total. The first-order chi connectivity index (χ1) is 7.79. The minimum Gasteiger partial charge on any atom is -0.369 e. The molecule has 2 nitrogen and oxygen atoms in total. The Hall–Kier alpha value is -0.730. The smallest absolute Gasteiger partial charge is 0.0407 e. The SMILES string of the molecule is CCCN1CCN(c2ccc(Cl)cc2)CC1. The summed E-state index contributed by atoms with van der Waals surface area (Å²) in [4.78, 5) is 4.97. The highest BCUT2D eigenvalue weighted by Crippen LogP contribution is 2.19. The molecule has 0 bridgehead atoms. The quantitative estimate of drug-likeness (QED) is 0.799. The Morgan fingerprint density at radius 2 is 1.69 bits per heavy atom. The highest BCUT2D eigenvalue weighted by Gasteiger charge is 2.15. The third-order valence-electron chi connectivity index (χ3n) is 3.10. The van der Waals surface area contributed by atoms with Crippen molar-refractivity contribution < 1.29 is 0 Å². The lowest BCUT2D eigenvalue weighted by Gasteiger charge is -2.36. The van der Waals surface area contributed by atoms with Crippen LogP contribution in [0.3, 0.4) is 0 Å². The molecule has 1 saturated heterocycles. The molecule has 16 heavy (non-hydrogen) atoms. The maximum Gasteiger partial charge on any atom is 0.0407 e. The van der Waals surface area contributed by atoms with Crippen molar-refractivity contribution in [3.63, 3.8) is 0 Å². The van der Waals surface area contributed by atoms with Gasteiger partial charge in [-0.25, -0.2) is 0 Å². The van der Waals surface area contributed by atoms with Gasteiger partial charge in [0.1, 0.15) is 0 Å². The Morgan fingerprint density at radius 3 is 2.25 bits per heavy atom. The first kappa shape index (κ1) is 11.7. The van der Waals surface area contributed by atoms with E-state index in [-0.39, 0.29) is 0 Å². The molecule has 3 heteroatoms. The van der Waals surface area contributed by atoms with E-state index >= 15 is 0 Å². The molecule has 88 valence electrons. The van der Waals surface area contributed by atoms with E-state index in [0.717, 1.165) is 18.1 Å². The lowest BCUT2D eigenvalue weighted by Crippen LogP contribution is -2.46. The van der Waals surface area contributed by atoms with Gasteiger partial charge in [0, 0.05) is 36.9 Å². The molecule has 1 fully saturated rings. The number of anilines is 1. The zero-order valence-electron chi connectivity index (χ0n) is 9.82. The van der Waals surface area contributed by atoms with Crippen LogP contribution in [0.5, 0.6) is 0 Å². The highest BCUT2D eigenvalue weighted by atomic mass is 35.5. The molecule has 0 aliphatic carbocycles. The summed E-state index contributed by atoms with van der Waals surface area (Å²) in [6.45, 7) is 8.08. The van der Waals surface area contributed by atoms with Gasteiger partial charge in [-0.15, -0.1) is 0 Å². The van der Waals surface area contributed by atoms with E-state index < -0.39 is 0 Å². The molecular formula is C13H19ClN2. The number of nitrogens with zero attached hydrogens (tertiary/aromatic N) is 2. The second kappa shape index (κ2) is 5.55. The Labute approximate surface area is 103 Å². The predicted molar refractivity (Wildman–Crippen MR) is 70.4 cm³/mol. The van der Waals surface area contributed by atoms with Gasteiger partial charge in [-0.1, -0.05) is 18.5 Å². The fourth-order valence-electron chi connectivity index (χ4n) is 2.20. The third kappa shape index (κ3) is 2.89. The van der Waals surface area contributed by atoms with E-state index in [4.69, 9.17) is 11.6 Å². The zero-order valence-corrected chi connectivity index (χ0v) is 10.6. The summed E-state index contributed by atoms with van der Waals surface area (Å²) >= 11 is 5.89. The normalized spacial score (nSPS) is 17.8. The maximum atomic E-state index is 5.89. The molecular weight excluding hydrogens is 220 g/mol. The number of rotatable bonds is 3. The summed E-state index contributed by atoms with van der Waals surface area (Å²) < 4.78 is 0. The Balaban J connectivity index is 1.91. The number of benzene rings is 1. The van der Waals surface area contributed by atoms with E-state index in [0.29, 0.717) is 0 Å². The van der Waals surface area contributed by atoms with Gasteiger partial charge in [0.05, 0.1) is 0 Å². The van der Waals surface area contributed by atoms with Crippen LogP contribution in [0.2, 0.25) is 5.02 Å². The van der Waals surface area contributed by atoms with Gasteiger partial charge < -0.3 is 4.90 Å². The molecule has 0 saturated carbocycles. The van der Waals surface area contributed by atoms with E-state index in [1.807, 2.05) is 12.1 Å². The van der Waals surface area contributed by atoms with Crippen molar-refractivity contribution in [1.82, 2.24) is 4.90 Å². The van der Waals surface area contributed by atoms with E-state index in [1.165, 1.54) is 31.7 Å². The summed E-state index contributed by atoms with van der Waals surface area (Å²) in [5, 5.41) is 0.813. The molecule has 0 unspecified atom stereocenters. The van der Waals surface area contributed by atoms with E-state index in [1.54, 1.807) is 0 Å². The summed E-state index contributed by atoms with van der Waals surface area (Å²) in [5.41, 5.74) is 1.29. The molecule has 2 rings (SSSR count). The average molecular weight is 239 g/mol. The zero-order chi connectivity index (χ0) is 11.4. The van der Waals surface area contributed by atoms with Crippen LogP contribution in [0.4, 0.5) is 5.69 Å². The van der Waals surface area contributed by atoms with Crippen LogP contribution in [-0.2, 0) is 0 Å². The fraction of sp³-hybridized carbons (Fsp3) is 0.538. The summed E-state index contributed by atoms with van der Waals surface area (Å²) in [7, 11) is 0. The van der Waals surface area contributed by atoms with E-state index in [2.05, 4.69) is 28.9 Å². The van der Waals surface area contributed by atoms with Gasteiger partial charge in [0.25, 0.3) is 0 Å². The van der Waals surface area contributed by atoms with Crippen LogP contribution >= 0.6 is 11.6 Å². The van der Waals surface area contributed by atoms with Crippen molar-refractivity contribution in [2.24, 2.45) is 0 Å². The van der Waals surface area contributed by atoms with Crippen molar-refractivity contribution >= 4 is 17.3 Å². The summed E-state index contributed by atoms with van der Waals surface area (Å²) in [6.07, 6.45) is 1.25. The largest absolute Gasteiger partial charge is 0.369 e. The number of hydrogen-bond acceptors (Lipinski definition) is 2. The molecule has 0 atom stereocenters. The minimum absolute atomic E-state index is 0.813. The summed E-state index contributed by atoms with van der Waals surface area (Å²) in [5.74, 6) is 0. The van der Waals surface area contributed by atoms with Crippen LogP contribution in [0, 0.1) is 0 Å². The van der Waals surface area contributed by atoms with Gasteiger partial charge in [-0.3, -0.25) is 4.90 Å². The predicted octanol–water partition coefficient (Wildman–Crippen LogP) is 2.87. The monoisotopic (exact) mass is 238 g/mol. The number of halogens is 1. The van der Waals surface area contributed by atoms with Crippen molar-refractivity contribution in [2.45, 2.75) is 13.3 Å². The third-order valence-corrected chi connectivity index (χ3v) is 3.36. The van der Waals surface area contributed by atoms with Gasteiger partial charge in [-0.2, -0.15) is 0 Å². The van der Waals surface area contributed by atoms with Crippen LogP contribution in [-0.4, -0.2) is 37.6 Å². The number of piperazine rings is 1. The molecule has 1 aliphatic heterocycles. The average Bonchev–Trinajstić information content (AvgIpc) is 2.32. The molecule has 0 spiro atoms. The van der Waals surface area contributed by atoms with E-state index in [9.17, 15) is 0 Å². The molecule has 1 aliphatic rings. The van der Waals surface area contributed by atoms with Crippen molar-refractivity contribution in [3.8, 4) is 0 Å².